The minimum absolute atomic E-state index is 0.196. The Labute approximate surface area is 180 Å². The fourth-order valence-electron chi connectivity index (χ4n) is 4.20. The molecule has 1 fully saturated rings. The standard InChI is InChI=1S/C24H38N2O4/c1-29-23-7-8-24(30-18-22(28)17-26-13-10-21(27)11-14-26)20(15-23)16-25-12-9-19-5-3-2-4-6-19/h5,7-8,15,21-22,25,27-28H,2-4,6,9-14,16-18H2,1H3. The molecule has 1 saturated heterocycles. The summed E-state index contributed by atoms with van der Waals surface area (Å²) in [5.41, 5.74) is 2.62. The normalized spacial score (nSPS) is 19.4. The van der Waals surface area contributed by atoms with Gasteiger partial charge in [0, 0.05) is 31.7 Å². The molecule has 0 radical (unpaired) electrons. The Kier molecular flexibility index (Phi) is 9.46. The van der Waals surface area contributed by atoms with Gasteiger partial charge in [0.25, 0.3) is 0 Å². The Morgan fingerprint density at radius 1 is 1.23 bits per heavy atom. The zero-order valence-corrected chi connectivity index (χ0v) is 18.3. The third-order valence-electron chi connectivity index (χ3n) is 6.05. The summed E-state index contributed by atoms with van der Waals surface area (Å²) in [6.45, 7) is 4.14. The predicted molar refractivity (Wildman–Crippen MR) is 119 cm³/mol. The molecule has 0 saturated carbocycles. The summed E-state index contributed by atoms with van der Waals surface area (Å²) >= 11 is 0. The van der Waals surface area contributed by atoms with E-state index in [9.17, 15) is 10.2 Å². The van der Waals surface area contributed by atoms with Gasteiger partial charge in [-0.05, 0) is 69.7 Å². The highest BCUT2D eigenvalue weighted by Gasteiger charge is 2.20. The van der Waals surface area contributed by atoms with E-state index in [1.165, 1.54) is 25.7 Å². The van der Waals surface area contributed by atoms with Crippen LogP contribution in [-0.2, 0) is 6.54 Å². The van der Waals surface area contributed by atoms with Gasteiger partial charge >= 0.3 is 0 Å². The predicted octanol–water partition coefficient (Wildman–Crippen LogP) is 2.87. The number of nitrogens with one attached hydrogen (secondary N) is 1. The number of β-amino-alcohol motifs (C(OH)–C–C–N with tert-alkyl or cyclic N) is 1. The average Bonchev–Trinajstić information content (AvgIpc) is 2.78. The molecular formula is C24H38N2O4. The fraction of sp³-hybridized carbons (Fsp3) is 0.667. The van der Waals surface area contributed by atoms with Gasteiger partial charge in [0.1, 0.15) is 24.2 Å². The molecule has 2 aliphatic rings. The van der Waals surface area contributed by atoms with Crippen LogP contribution in [0.5, 0.6) is 11.5 Å². The molecule has 1 aromatic carbocycles. The lowest BCUT2D eigenvalue weighted by Crippen LogP contribution is -2.41. The third kappa shape index (κ3) is 7.58. The van der Waals surface area contributed by atoms with Crippen LogP contribution >= 0.6 is 0 Å². The van der Waals surface area contributed by atoms with Crippen molar-refractivity contribution in [3.05, 3.63) is 35.4 Å². The molecule has 1 unspecified atom stereocenters. The van der Waals surface area contributed by atoms with Crippen molar-refractivity contribution in [3.8, 4) is 11.5 Å². The van der Waals surface area contributed by atoms with E-state index in [4.69, 9.17) is 9.47 Å². The Balaban J connectivity index is 1.46. The largest absolute Gasteiger partial charge is 0.497 e. The van der Waals surface area contributed by atoms with Crippen molar-refractivity contribution in [1.29, 1.82) is 0 Å². The minimum Gasteiger partial charge on any atom is -0.497 e. The number of aliphatic hydroxyl groups is 2. The van der Waals surface area contributed by atoms with Crippen LogP contribution in [0.4, 0.5) is 0 Å². The summed E-state index contributed by atoms with van der Waals surface area (Å²) in [6, 6.07) is 5.81. The molecule has 6 nitrogen and oxygen atoms in total. The van der Waals surface area contributed by atoms with Gasteiger partial charge in [-0.1, -0.05) is 11.6 Å². The number of hydrogen-bond acceptors (Lipinski definition) is 6. The van der Waals surface area contributed by atoms with Crippen LogP contribution in [0.25, 0.3) is 0 Å². The number of nitrogens with zero attached hydrogens (tertiary/aromatic N) is 1. The van der Waals surface area contributed by atoms with Gasteiger partial charge in [0.05, 0.1) is 13.2 Å². The number of methoxy groups -OCH3 is 1. The van der Waals surface area contributed by atoms with Crippen LogP contribution in [0, 0.1) is 0 Å². The molecule has 1 aliphatic heterocycles. The first-order valence-corrected chi connectivity index (χ1v) is 11.4. The lowest BCUT2D eigenvalue weighted by molar-refractivity contribution is 0.0336. The van der Waals surface area contributed by atoms with Crippen molar-refractivity contribution in [2.75, 3.05) is 39.9 Å². The molecule has 30 heavy (non-hydrogen) atoms. The van der Waals surface area contributed by atoms with E-state index in [1.54, 1.807) is 12.7 Å². The summed E-state index contributed by atoms with van der Waals surface area (Å²) in [4.78, 5) is 2.19. The Hall–Kier alpha value is -1.60. The Bertz CT molecular complexity index is 671. The maximum Gasteiger partial charge on any atom is 0.124 e. The fourth-order valence-corrected chi connectivity index (χ4v) is 4.20. The van der Waals surface area contributed by atoms with Crippen LogP contribution in [0.3, 0.4) is 0 Å². The number of allylic oxidation sites excluding steroid dienone is 1. The van der Waals surface area contributed by atoms with E-state index in [0.717, 1.165) is 56.0 Å². The number of hydrogen-bond donors (Lipinski definition) is 3. The second-order valence-electron chi connectivity index (χ2n) is 8.51. The zero-order chi connectivity index (χ0) is 21.2. The zero-order valence-electron chi connectivity index (χ0n) is 18.3. The van der Waals surface area contributed by atoms with Gasteiger partial charge in [0.2, 0.25) is 0 Å². The molecular weight excluding hydrogens is 380 g/mol. The first-order valence-electron chi connectivity index (χ1n) is 11.4. The molecule has 3 rings (SSSR count). The topological polar surface area (TPSA) is 74.2 Å². The van der Waals surface area contributed by atoms with Crippen molar-refractivity contribution < 1.29 is 19.7 Å². The van der Waals surface area contributed by atoms with Crippen molar-refractivity contribution in [2.45, 2.75) is 63.7 Å². The van der Waals surface area contributed by atoms with Gasteiger partial charge < -0.3 is 29.9 Å². The average molecular weight is 419 g/mol. The second kappa shape index (κ2) is 12.3. The van der Waals surface area contributed by atoms with E-state index < -0.39 is 6.10 Å². The quantitative estimate of drug-likeness (QED) is 0.379. The van der Waals surface area contributed by atoms with Gasteiger partial charge in [-0.15, -0.1) is 0 Å². The molecule has 0 amide bonds. The highest BCUT2D eigenvalue weighted by atomic mass is 16.5. The number of ether oxygens (including phenoxy) is 2. The maximum absolute atomic E-state index is 10.4. The number of likely N-dealkylation sites (tertiary alicyclic amines) is 1. The summed E-state index contributed by atoms with van der Waals surface area (Å²) in [5, 5.41) is 23.5. The summed E-state index contributed by atoms with van der Waals surface area (Å²) in [6.07, 6.45) is 9.41. The van der Waals surface area contributed by atoms with Crippen LogP contribution in [-0.4, -0.2) is 67.2 Å². The molecule has 0 aromatic heterocycles. The van der Waals surface area contributed by atoms with Gasteiger partial charge in [-0.2, -0.15) is 0 Å². The number of piperidine rings is 1. The van der Waals surface area contributed by atoms with Crippen molar-refractivity contribution in [2.24, 2.45) is 0 Å². The van der Waals surface area contributed by atoms with E-state index in [1.807, 2.05) is 18.2 Å². The van der Waals surface area contributed by atoms with Crippen molar-refractivity contribution in [3.63, 3.8) is 0 Å². The smallest absolute Gasteiger partial charge is 0.124 e. The minimum atomic E-state index is -0.554. The van der Waals surface area contributed by atoms with Gasteiger partial charge in [-0.25, -0.2) is 0 Å². The van der Waals surface area contributed by atoms with Crippen molar-refractivity contribution in [1.82, 2.24) is 10.2 Å². The summed E-state index contributed by atoms with van der Waals surface area (Å²) < 4.78 is 11.4. The lowest BCUT2D eigenvalue weighted by atomic mass is 9.97. The van der Waals surface area contributed by atoms with Crippen LogP contribution in [0.2, 0.25) is 0 Å². The second-order valence-corrected chi connectivity index (χ2v) is 8.51. The highest BCUT2D eigenvalue weighted by molar-refractivity contribution is 5.40. The molecule has 168 valence electrons. The molecule has 3 N–H and O–H groups in total. The van der Waals surface area contributed by atoms with E-state index in [-0.39, 0.29) is 12.7 Å². The molecule has 6 heteroatoms. The third-order valence-corrected chi connectivity index (χ3v) is 6.05. The SMILES string of the molecule is COc1ccc(OCC(O)CN2CCC(O)CC2)c(CNCCC2=CCCCC2)c1. The number of aliphatic hydroxyl groups excluding tert-OH is 2. The number of rotatable bonds is 11. The molecule has 1 aromatic rings. The first kappa shape index (κ1) is 23.1. The first-order chi connectivity index (χ1) is 14.6. The summed E-state index contributed by atoms with van der Waals surface area (Å²) in [5.74, 6) is 1.59. The van der Waals surface area contributed by atoms with E-state index in [0.29, 0.717) is 13.1 Å². The Morgan fingerprint density at radius 2 is 2.07 bits per heavy atom. The molecule has 1 atom stereocenters. The van der Waals surface area contributed by atoms with Crippen LogP contribution in [0.15, 0.2) is 29.8 Å². The van der Waals surface area contributed by atoms with Gasteiger partial charge in [-0.3, -0.25) is 0 Å². The molecule has 1 heterocycles. The highest BCUT2D eigenvalue weighted by Crippen LogP contribution is 2.25. The summed E-state index contributed by atoms with van der Waals surface area (Å²) in [7, 11) is 1.67. The van der Waals surface area contributed by atoms with Gasteiger partial charge in [0.15, 0.2) is 0 Å². The molecule has 0 bridgehead atoms. The monoisotopic (exact) mass is 418 g/mol. The molecule has 1 aliphatic carbocycles. The van der Waals surface area contributed by atoms with E-state index in [2.05, 4.69) is 16.3 Å². The molecule has 0 spiro atoms. The maximum atomic E-state index is 10.4. The van der Waals surface area contributed by atoms with Crippen molar-refractivity contribution >= 4 is 0 Å². The van der Waals surface area contributed by atoms with Crippen LogP contribution in [0.1, 0.15) is 50.5 Å². The van der Waals surface area contributed by atoms with E-state index >= 15 is 0 Å². The number of benzene rings is 1. The lowest BCUT2D eigenvalue weighted by Gasteiger charge is -2.31. The van der Waals surface area contributed by atoms with Crippen LogP contribution < -0.4 is 14.8 Å². The Morgan fingerprint density at radius 3 is 2.80 bits per heavy atom.